The highest BCUT2D eigenvalue weighted by atomic mass is 16.2. The number of hydrogen-bond donors (Lipinski definition) is 3. The van der Waals surface area contributed by atoms with E-state index in [1.807, 2.05) is 5.32 Å². The van der Waals surface area contributed by atoms with Gasteiger partial charge in [-0.3, -0.25) is 9.59 Å². The first kappa shape index (κ1) is 15.0. The van der Waals surface area contributed by atoms with Crippen molar-refractivity contribution in [3.63, 3.8) is 0 Å². The molecule has 3 heterocycles. The molecule has 164 valence electrons. The maximum Gasteiger partial charge on any atom is 0.273 e. The lowest BCUT2D eigenvalue weighted by Gasteiger charge is -2.30. The van der Waals surface area contributed by atoms with E-state index in [1.165, 1.54) is 15.6 Å². The Morgan fingerprint density at radius 3 is 2.84 bits per heavy atom. The summed E-state index contributed by atoms with van der Waals surface area (Å²) < 4.78 is 41.1. The summed E-state index contributed by atoms with van der Waals surface area (Å²) >= 11 is 0. The molecule has 0 saturated heterocycles. The first-order chi connectivity index (χ1) is 17.3. The fourth-order valence-electron chi connectivity index (χ4n) is 3.64. The van der Waals surface area contributed by atoms with Crippen LogP contribution in [0.25, 0.3) is 5.69 Å². The summed E-state index contributed by atoms with van der Waals surface area (Å²) in [6.07, 6.45) is 1.56. The molecule has 1 fully saturated rings. The van der Waals surface area contributed by atoms with Gasteiger partial charge in [-0.05, 0) is 38.0 Å². The first-order valence-electron chi connectivity index (χ1n) is 12.6. The molecule has 0 radical (unpaired) electrons. The highest BCUT2D eigenvalue weighted by molar-refractivity contribution is 6.00. The Balaban J connectivity index is 1.59. The third-order valence-electron chi connectivity index (χ3n) is 5.28. The zero-order valence-corrected chi connectivity index (χ0v) is 17.4. The summed E-state index contributed by atoms with van der Waals surface area (Å²) in [4.78, 5) is 26.5. The van der Waals surface area contributed by atoms with Crippen LogP contribution >= 0.6 is 0 Å². The summed E-state index contributed by atoms with van der Waals surface area (Å²) in [5.41, 5.74) is 2.23. The molecule has 0 spiro atoms. The van der Waals surface area contributed by atoms with Crippen LogP contribution in [0.1, 0.15) is 41.6 Å². The molecule has 10 nitrogen and oxygen atoms in total. The van der Waals surface area contributed by atoms with Crippen LogP contribution in [0.2, 0.25) is 0 Å². The second kappa shape index (κ2) is 7.63. The fraction of sp³-hybridized carbons (Fsp3) is 0.318. The van der Waals surface area contributed by atoms with Crippen molar-refractivity contribution in [3.05, 3.63) is 47.4 Å². The van der Waals surface area contributed by atoms with Gasteiger partial charge in [-0.1, -0.05) is 6.07 Å². The minimum absolute atomic E-state index is 0.0765. The van der Waals surface area contributed by atoms with Crippen LogP contribution in [-0.4, -0.2) is 45.8 Å². The zero-order chi connectivity index (χ0) is 26.7. The number of benzene rings is 1. The normalized spacial score (nSPS) is 18.7. The highest BCUT2D eigenvalue weighted by Gasteiger charge is 2.30. The number of amides is 2. The molecule has 2 aromatic heterocycles. The van der Waals surface area contributed by atoms with Crippen LogP contribution < -0.4 is 20.9 Å². The average molecular weight is 438 g/mol. The molecule has 2 aliphatic rings. The fourth-order valence-corrected chi connectivity index (χ4v) is 3.64. The Kier molecular flexibility index (Phi) is 3.56. The summed E-state index contributed by atoms with van der Waals surface area (Å²) in [7, 11) is 1.60. The van der Waals surface area contributed by atoms with E-state index in [4.69, 9.17) is 6.85 Å². The monoisotopic (exact) mass is 437 g/mol. The van der Waals surface area contributed by atoms with Gasteiger partial charge in [0.05, 0.1) is 43.4 Å². The second-order valence-electron chi connectivity index (χ2n) is 7.76. The number of para-hydroxylation sites is 1. The van der Waals surface area contributed by atoms with E-state index < -0.39 is 19.4 Å². The SMILES string of the molecule is [2H]C([2H])([2H])NC(=O)c1nnc(NC(=O)C2CC2)cc1Nc1cccc2c1N(C)C([2H])([2H])c1cc(C)nn1-2. The Morgan fingerprint density at radius 1 is 1.22 bits per heavy atom. The van der Waals surface area contributed by atoms with E-state index in [0.29, 0.717) is 28.5 Å². The molecule has 2 amide bonds. The predicted molar refractivity (Wildman–Crippen MR) is 120 cm³/mol. The Bertz CT molecular complexity index is 1420. The lowest BCUT2D eigenvalue weighted by molar-refractivity contribution is -0.117. The van der Waals surface area contributed by atoms with Crippen molar-refractivity contribution in [3.8, 4) is 5.69 Å². The molecule has 1 aromatic carbocycles. The third-order valence-corrected chi connectivity index (χ3v) is 5.28. The van der Waals surface area contributed by atoms with Gasteiger partial charge in [-0.25, -0.2) is 4.68 Å². The smallest absolute Gasteiger partial charge is 0.273 e. The average Bonchev–Trinajstić information content (AvgIpc) is 3.58. The van der Waals surface area contributed by atoms with Gasteiger partial charge in [0.2, 0.25) is 5.91 Å². The van der Waals surface area contributed by atoms with E-state index in [9.17, 15) is 9.59 Å². The largest absolute Gasteiger partial charge is 0.365 e. The predicted octanol–water partition coefficient (Wildman–Crippen LogP) is 2.37. The highest BCUT2D eigenvalue weighted by Crippen LogP contribution is 2.39. The van der Waals surface area contributed by atoms with Crippen molar-refractivity contribution in [2.24, 2.45) is 5.92 Å². The number of hydrogen-bond acceptors (Lipinski definition) is 7. The number of carbonyl (C=O) groups excluding carboxylic acids is 2. The first-order valence-corrected chi connectivity index (χ1v) is 10.1. The van der Waals surface area contributed by atoms with Crippen LogP contribution in [0.4, 0.5) is 22.9 Å². The Labute approximate surface area is 192 Å². The molecule has 0 atom stereocenters. The summed E-state index contributed by atoms with van der Waals surface area (Å²) in [6.45, 7) is -2.89. The van der Waals surface area contributed by atoms with Crippen LogP contribution in [0, 0.1) is 12.8 Å². The number of carbonyl (C=O) groups is 2. The third kappa shape index (κ3) is 3.53. The number of rotatable bonds is 5. The molecule has 1 saturated carbocycles. The zero-order valence-electron chi connectivity index (χ0n) is 22.4. The van der Waals surface area contributed by atoms with E-state index >= 15 is 0 Å². The van der Waals surface area contributed by atoms with Crippen molar-refractivity contribution in [2.45, 2.75) is 26.3 Å². The minimum atomic E-state index is -2.76. The summed E-state index contributed by atoms with van der Waals surface area (Å²) in [6, 6.07) is 8.28. The molecule has 10 heteroatoms. The van der Waals surface area contributed by atoms with Gasteiger partial charge in [0.25, 0.3) is 5.91 Å². The van der Waals surface area contributed by atoms with Gasteiger partial charge in [-0.2, -0.15) is 5.10 Å². The van der Waals surface area contributed by atoms with Crippen LogP contribution in [0.15, 0.2) is 30.3 Å². The lowest BCUT2D eigenvalue weighted by Crippen LogP contribution is -2.27. The molecule has 3 N–H and O–H groups in total. The molecular formula is C22H24N8O2. The van der Waals surface area contributed by atoms with Gasteiger partial charge in [0.1, 0.15) is 0 Å². The lowest BCUT2D eigenvalue weighted by atomic mass is 10.1. The van der Waals surface area contributed by atoms with Crippen molar-refractivity contribution in [1.29, 1.82) is 0 Å². The van der Waals surface area contributed by atoms with E-state index in [2.05, 4.69) is 25.9 Å². The summed E-state index contributed by atoms with van der Waals surface area (Å²) in [5.74, 6) is -1.22. The number of nitrogens with zero attached hydrogens (tertiary/aromatic N) is 5. The molecule has 0 bridgehead atoms. The van der Waals surface area contributed by atoms with Gasteiger partial charge >= 0.3 is 0 Å². The molecule has 5 rings (SSSR count). The second-order valence-corrected chi connectivity index (χ2v) is 7.76. The van der Waals surface area contributed by atoms with Gasteiger partial charge in [0.15, 0.2) is 11.5 Å². The quantitative estimate of drug-likeness (QED) is 0.561. The standard InChI is InChI=1S/C22H24N8O2/c1-12-9-14-11-29(3)20-15(5-4-6-17(20)30(14)28-12)24-16-10-18(25-21(31)13-7-8-13)26-27-19(16)22(32)23-2/h4-6,9-10,13H,7-8,11H2,1-3H3,(H,23,32)(H2,24,25,26,31)/i2D3,11D2. The topological polar surface area (TPSA) is 117 Å². The van der Waals surface area contributed by atoms with Gasteiger partial charge < -0.3 is 20.9 Å². The number of anilines is 4. The van der Waals surface area contributed by atoms with Crippen molar-refractivity contribution in [2.75, 3.05) is 29.6 Å². The maximum absolute atomic E-state index is 12.8. The number of aromatic nitrogens is 4. The van der Waals surface area contributed by atoms with E-state index in [-0.39, 0.29) is 29.0 Å². The Morgan fingerprint density at radius 2 is 2.06 bits per heavy atom. The number of nitrogens with one attached hydrogen (secondary N) is 3. The maximum atomic E-state index is 12.8. The van der Waals surface area contributed by atoms with Crippen molar-refractivity contribution < 1.29 is 16.4 Å². The van der Waals surface area contributed by atoms with Crippen LogP contribution in [0.5, 0.6) is 0 Å². The molecule has 32 heavy (non-hydrogen) atoms. The molecule has 0 unspecified atom stereocenters. The van der Waals surface area contributed by atoms with Crippen molar-refractivity contribution in [1.82, 2.24) is 25.3 Å². The molecule has 1 aliphatic carbocycles. The minimum Gasteiger partial charge on any atom is -0.365 e. The van der Waals surface area contributed by atoms with E-state index in [1.54, 1.807) is 38.2 Å². The summed E-state index contributed by atoms with van der Waals surface area (Å²) in [5, 5.41) is 19.9. The molecule has 3 aromatic rings. The van der Waals surface area contributed by atoms with Crippen molar-refractivity contribution >= 4 is 34.7 Å². The van der Waals surface area contributed by atoms with E-state index in [0.717, 1.165) is 12.8 Å². The molecular weight excluding hydrogens is 408 g/mol. The number of fused-ring (bicyclic) bond motifs is 3. The van der Waals surface area contributed by atoms with Gasteiger partial charge in [-0.15, -0.1) is 10.2 Å². The molecule has 1 aliphatic heterocycles. The van der Waals surface area contributed by atoms with Gasteiger partial charge in [0, 0.05) is 30.1 Å². The number of aryl methyl sites for hydroxylation is 1. The Hall–Kier alpha value is -3.95. The van der Waals surface area contributed by atoms with Crippen LogP contribution in [0.3, 0.4) is 0 Å². The van der Waals surface area contributed by atoms with Crippen LogP contribution in [-0.2, 0) is 11.3 Å².